The lowest BCUT2D eigenvalue weighted by Gasteiger charge is -2.33. The highest BCUT2D eigenvalue weighted by atomic mass is 28.4. The summed E-state index contributed by atoms with van der Waals surface area (Å²) in [6.07, 6.45) is 24.6. The van der Waals surface area contributed by atoms with Gasteiger partial charge in [0.05, 0.1) is 0 Å². The van der Waals surface area contributed by atoms with E-state index in [2.05, 4.69) is 26.8 Å². The fraction of sp³-hybridized carbons (Fsp3) is 0.923. The smallest absolute Gasteiger partial charge is 0.370 e. The van der Waals surface area contributed by atoms with Gasteiger partial charge in [-0.15, -0.1) is 0 Å². The quantitative estimate of drug-likeness (QED) is 0.149. The monoisotopic (exact) mass is 440 g/mol. The Morgan fingerprint density at radius 1 is 0.600 bits per heavy atom. The Morgan fingerprint density at radius 3 is 1.53 bits per heavy atom. The van der Waals surface area contributed by atoms with Crippen LogP contribution in [0.2, 0.25) is 0 Å². The SMILES string of the molecule is CCCCCCO[Si](OCCCCCC)(OCCCCCC)C1=CCCCCCC1. The predicted molar refractivity (Wildman–Crippen MR) is 132 cm³/mol. The van der Waals surface area contributed by atoms with E-state index in [9.17, 15) is 0 Å². The summed E-state index contributed by atoms with van der Waals surface area (Å²) in [6.45, 7) is 9.14. The third-order valence-electron chi connectivity index (χ3n) is 6.05. The van der Waals surface area contributed by atoms with Crippen molar-refractivity contribution in [2.75, 3.05) is 19.8 Å². The summed E-state index contributed by atoms with van der Waals surface area (Å²) in [5.74, 6) is 0. The van der Waals surface area contributed by atoms with Gasteiger partial charge in [0.2, 0.25) is 0 Å². The molecule has 178 valence electrons. The molecule has 0 aromatic carbocycles. The normalized spacial score (nSPS) is 15.6. The molecule has 1 aliphatic carbocycles. The van der Waals surface area contributed by atoms with Crippen LogP contribution in [-0.2, 0) is 13.3 Å². The molecule has 0 N–H and O–H groups in total. The second-order valence-electron chi connectivity index (χ2n) is 8.97. The van der Waals surface area contributed by atoms with Gasteiger partial charge >= 0.3 is 8.80 Å². The maximum absolute atomic E-state index is 6.65. The van der Waals surface area contributed by atoms with Gasteiger partial charge in [-0.1, -0.05) is 97.5 Å². The van der Waals surface area contributed by atoms with E-state index >= 15 is 0 Å². The molecule has 0 saturated heterocycles. The average molecular weight is 441 g/mol. The molecule has 4 heteroatoms. The molecule has 0 radical (unpaired) electrons. The zero-order valence-electron chi connectivity index (χ0n) is 20.7. The van der Waals surface area contributed by atoms with Crippen LogP contribution in [0, 0.1) is 0 Å². The second kappa shape index (κ2) is 19.5. The topological polar surface area (TPSA) is 27.7 Å². The van der Waals surface area contributed by atoms with Crippen molar-refractivity contribution >= 4 is 8.80 Å². The van der Waals surface area contributed by atoms with Crippen LogP contribution >= 0.6 is 0 Å². The second-order valence-corrected chi connectivity index (χ2v) is 11.6. The molecule has 0 saturated carbocycles. The van der Waals surface area contributed by atoms with E-state index in [4.69, 9.17) is 13.3 Å². The minimum absolute atomic E-state index is 0.785. The zero-order valence-corrected chi connectivity index (χ0v) is 21.7. The highest BCUT2D eigenvalue weighted by Crippen LogP contribution is 2.29. The first-order valence-corrected chi connectivity index (χ1v) is 15.1. The van der Waals surface area contributed by atoms with Crippen LogP contribution in [0.5, 0.6) is 0 Å². The number of unbranched alkanes of at least 4 members (excludes halogenated alkanes) is 9. The molecule has 3 nitrogen and oxygen atoms in total. The summed E-state index contributed by atoms with van der Waals surface area (Å²) in [4.78, 5) is 0. The van der Waals surface area contributed by atoms with Gasteiger partial charge in [0.15, 0.2) is 0 Å². The van der Waals surface area contributed by atoms with Crippen molar-refractivity contribution in [2.45, 2.75) is 136 Å². The summed E-state index contributed by atoms with van der Waals surface area (Å²) in [6, 6.07) is 0. The van der Waals surface area contributed by atoms with E-state index in [-0.39, 0.29) is 0 Å². The first kappa shape index (κ1) is 27.9. The van der Waals surface area contributed by atoms with Crippen LogP contribution in [0.15, 0.2) is 11.3 Å². The summed E-state index contributed by atoms with van der Waals surface area (Å²) < 4.78 is 20.0. The van der Waals surface area contributed by atoms with Crippen LogP contribution in [0.25, 0.3) is 0 Å². The summed E-state index contributed by atoms with van der Waals surface area (Å²) in [7, 11) is -2.77. The van der Waals surface area contributed by atoms with Gasteiger partial charge in [-0.3, -0.25) is 0 Å². The van der Waals surface area contributed by atoms with Crippen molar-refractivity contribution in [1.29, 1.82) is 0 Å². The standard InChI is InChI=1S/C26H52O3Si/c1-4-7-10-18-23-27-30(28-24-19-11-8-5-2,29-25-20-12-9-6-3)26-21-16-14-13-15-17-22-26/h21H,4-20,22-25H2,1-3H3. The molecular weight excluding hydrogens is 388 g/mol. The summed E-state index contributed by atoms with van der Waals surface area (Å²) >= 11 is 0. The number of rotatable bonds is 19. The van der Waals surface area contributed by atoms with Crippen molar-refractivity contribution in [2.24, 2.45) is 0 Å². The fourth-order valence-corrected chi connectivity index (χ4v) is 7.00. The first-order chi connectivity index (χ1) is 14.8. The summed E-state index contributed by atoms with van der Waals surface area (Å²) in [5.41, 5.74) is 0. The predicted octanol–water partition coefficient (Wildman–Crippen LogP) is 8.54. The van der Waals surface area contributed by atoms with Crippen molar-refractivity contribution in [3.8, 4) is 0 Å². The van der Waals surface area contributed by atoms with Crippen LogP contribution in [0.4, 0.5) is 0 Å². The molecule has 1 rings (SSSR count). The molecule has 0 heterocycles. The third kappa shape index (κ3) is 12.6. The van der Waals surface area contributed by atoms with Crippen molar-refractivity contribution < 1.29 is 13.3 Å². The van der Waals surface area contributed by atoms with Gasteiger partial charge in [-0.25, -0.2) is 0 Å². The molecule has 0 atom stereocenters. The van der Waals surface area contributed by atoms with E-state index in [1.165, 1.54) is 88.7 Å². The van der Waals surface area contributed by atoms with Crippen LogP contribution in [0.1, 0.15) is 136 Å². The Balaban J connectivity index is 2.83. The van der Waals surface area contributed by atoms with Crippen molar-refractivity contribution in [3.63, 3.8) is 0 Å². The largest absolute Gasteiger partial charge is 0.532 e. The average Bonchev–Trinajstić information content (AvgIpc) is 2.72. The summed E-state index contributed by atoms with van der Waals surface area (Å²) in [5, 5.41) is 1.39. The number of hydrogen-bond donors (Lipinski definition) is 0. The molecule has 0 fully saturated rings. The Labute approximate surface area is 189 Å². The van der Waals surface area contributed by atoms with Crippen LogP contribution < -0.4 is 0 Å². The zero-order chi connectivity index (χ0) is 21.8. The van der Waals surface area contributed by atoms with E-state index in [0.29, 0.717) is 0 Å². The lowest BCUT2D eigenvalue weighted by Crippen LogP contribution is -2.49. The van der Waals surface area contributed by atoms with Crippen molar-refractivity contribution in [3.05, 3.63) is 11.3 Å². The molecule has 0 bridgehead atoms. The van der Waals surface area contributed by atoms with Crippen LogP contribution in [-0.4, -0.2) is 28.6 Å². The Kier molecular flexibility index (Phi) is 18.1. The Morgan fingerprint density at radius 2 is 1.07 bits per heavy atom. The molecule has 1 aliphatic rings. The molecule has 30 heavy (non-hydrogen) atoms. The molecule has 0 unspecified atom stereocenters. The Bertz CT molecular complexity index is 375. The van der Waals surface area contributed by atoms with Gasteiger partial charge in [0.1, 0.15) is 0 Å². The lowest BCUT2D eigenvalue weighted by atomic mass is 10.1. The van der Waals surface area contributed by atoms with Gasteiger partial charge in [-0.2, -0.15) is 0 Å². The number of hydrogen-bond acceptors (Lipinski definition) is 3. The van der Waals surface area contributed by atoms with Crippen molar-refractivity contribution in [1.82, 2.24) is 0 Å². The number of allylic oxidation sites excluding steroid dienone is 2. The molecular formula is C26H52O3Si. The highest BCUT2D eigenvalue weighted by molar-refractivity contribution is 6.68. The molecule has 0 aliphatic heterocycles. The van der Waals surface area contributed by atoms with Crippen LogP contribution in [0.3, 0.4) is 0 Å². The highest BCUT2D eigenvalue weighted by Gasteiger charge is 2.45. The molecule has 0 aromatic rings. The van der Waals surface area contributed by atoms with E-state index < -0.39 is 8.80 Å². The van der Waals surface area contributed by atoms with E-state index in [0.717, 1.165) is 51.9 Å². The lowest BCUT2D eigenvalue weighted by molar-refractivity contribution is 0.0629. The maximum Gasteiger partial charge on any atom is 0.532 e. The van der Waals surface area contributed by atoms with Gasteiger partial charge < -0.3 is 13.3 Å². The van der Waals surface area contributed by atoms with E-state index in [1.54, 1.807) is 0 Å². The minimum Gasteiger partial charge on any atom is -0.370 e. The Hall–Kier alpha value is -0.163. The van der Waals surface area contributed by atoms with Gasteiger partial charge in [0, 0.05) is 19.8 Å². The van der Waals surface area contributed by atoms with Gasteiger partial charge in [-0.05, 0) is 50.1 Å². The molecule has 0 aromatic heterocycles. The fourth-order valence-electron chi connectivity index (χ4n) is 4.08. The van der Waals surface area contributed by atoms with Gasteiger partial charge in [0.25, 0.3) is 0 Å². The maximum atomic E-state index is 6.65. The van der Waals surface area contributed by atoms with E-state index in [1.807, 2.05) is 0 Å². The minimum atomic E-state index is -2.77. The third-order valence-corrected chi connectivity index (χ3v) is 9.05. The first-order valence-electron chi connectivity index (χ1n) is 13.4. The molecule has 0 amide bonds. The molecule has 0 spiro atoms.